The van der Waals surface area contributed by atoms with Crippen LogP contribution in [0, 0.1) is 17.8 Å². The van der Waals surface area contributed by atoms with Gasteiger partial charge in [-0.05, 0) is 44.2 Å². The summed E-state index contributed by atoms with van der Waals surface area (Å²) in [6.07, 6.45) is -1.37. The Bertz CT molecular complexity index is 1200. The number of rotatable bonds is 5. The standard InChI is InChI=1S/C26H32N2O6S/c1-18-15-28(19(2)17-29)35(32,33)25-13-12-21(11-10-20(3)30)14-23(25)34-24(18)16-27(4)26(31)22-8-6-5-7-9-22/h5-9,12-14,18-20,24,29-30H,15-17H2,1-4H3/t18-,19-,20+,24-/m1/s1. The summed E-state index contributed by atoms with van der Waals surface area (Å²) in [4.78, 5) is 14.5. The largest absolute Gasteiger partial charge is 0.487 e. The van der Waals surface area contributed by atoms with Crippen molar-refractivity contribution >= 4 is 15.9 Å². The minimum absolute atomic E-state index is 0.0330. The van der Waals surface area contributed by atoms with E-state index in [0.29, 0.717) is 11.1 Å². The van der Waals surface area contributed by atoms with E-state index in [1.165, 1.54) is 23.4 Å². The molecule has 35 heavy (non-hydrogen) atoms. The number of nitrogens with zero attached hydrogens (tertiary/aromatic N) is 2. The maximum atomic E-state index is 13.5. The zero-order valence-corrected chi connectivity index (χ0v) is 21.2. The van der Waals surface area contributed by atoms with Crippen LogP contribution < -0.4 is 4.74 Å². The number of ether oxygens (including phenoxy) is 1. The van der Waals surface area contributed by atoms with Crippen LogP contribution in [0.5, 0.6) is 5.75 Å². The van der Waals surface area contributed by atoms with Crippen molar-refractivity contribution in [2.75, 3.05) is 26.7 Å². The van der Waals surface area contributed by atoms with Gasteiger partial charge in [0.15, 0.2) is 0 Å². The second kappa shape index (κ2) is 11.2. The van der Waals surface area contributed by atoms with Crippen molar-refractivity contribution in [3.05, 3.63) is 59.7 Å². The summed E-state index contributed by atoms with van der Waals surface area (Å²) in [5.74, 6) is 5.11. The van der Waals surface area contributed by atoms with E-state index < -0.39 is 28.3 Å². The molecule has 0 unspecified atom stereocenters. The third-order valence-corrected chi connectivity index (χ3v) is 7.93. The van der Waals surface area contributed by atoms with Crippen molar-refractivity contribution in [3.8, 4) is 17.6 Å². The van der Waals surface area contributed by atoms with Gasteiger partial charge in [-0.1, -0.05) is 37.0 Å². The number of sulfonamides is 1. The summed E-state index contributed by atoms with van der Waals surface area (Å²) in [5, 5.41) is 19.3. The molecule has 1 amide bonds. The van der Waals surface area contributed by atoms with Crippen LogP contribution in [-0.2, 0) is 10.0 Å². The fourth-order valence-corrected chi connectivity index (χ4v) is 5.69. The fourth-order valence-electron chi connectivity index (χ4n) is 3.86. The Balaban J connectivity index is 2.02. The number of benzene rings is 2. The minimum Gasteiger partial charge on any atom is -0.487 e. The Labute approximate surface area is 207 Å². The molecule has 0 saturated carbocycles. The second-order valence-corrected chi connectivity index (χ2v) is 10.8. The molecule has 2 aromatic carbocycles. The lowest BCUT2D eigenvalue weighted by Gasteiger charge is -2.37. The van der Waals surface area contributed by atoms with Gasteiger partial charge in [-0.25, -0.2) is 8.42 Å². The third kappa shape index (κ3) is 6.21. The first-order chi connectivity index (χ1) is 16.5. The predicted octanol–water partition coefficient (Wildman–Crippen LogP) is 1.96. The lowest BCUT2D eigenvalue weighted by molar-refractivity contribution is 0.0563. The van der Waals surface area contributed by atoms with Gasteiger partial charge in [0, 0.05) is 36.7 Å². The Hall–Kier alpha value is -2.90. The quantitative estimate of drug-likeness (QED) is 0.608. The molecule has 0 bridgehead atoms. The summed E-state index contributed by atoms with van der Waals surface area (Å²) < 4.78 is 34.6. The smallest absolute Gasteiger partial charge is 0.253 e. The number of hydrogen-bond donors (Lipinski definition) is 2. The van der Waals surface area contributed by atoms with Crippen molar-refractivity contribution in [2.24, 2.45) is 5.92 Å². The molecule has 4 atom stereocenters. The van der Waals surface area contributed by atoms with Crippen molar-refractivity contribution < 1.29 is 28.2 Å². The van der Waals surface area contributed by atoms with Gasteiger partial charge < -0.3 is 19.8 Å². The number of aliphatic hydroxyl groups excluding tert-OH is 2. The van der Waals surface area contributed by atoms with Gasteiger partial charge in [-0.2, -0.15) is 4.31 Å². The maximum absolute atomic E-state index is 13.5. The fraction of sp³-hybridized carbons (Fsp3) is 0.423. The molecule has 0 fully saturated rings. The SMILES string of the molecule is C[C@H](O)C#Cc1ccc2c(c1)O[C@H](CN(C)C(=O)c1ccccc1)[C@H](C)CN([C@H](C)CO)S2(=O)=O. The Morgan fingerprint density at radius 2 is 1.91 bits per heavy atom. The van der Waals surface area contributed by atoms with Crippen molar-refractivity contribution in [2.45, 2.75) is 43.9 Å². The molecule has 2 aromatic rings. The number of likely N-dealkylation sites (N-methyl/N-ethyl adjacent to an activating group) is 1. The zero-order valence-electron chi connectivity index (χ0n) is 20.4. The van der Waals surface area contributed by atoms with Crippen LogP contribution in [-0.4, -0.2) is 78.7 Å². The molecule has 3 rings (SSSR count). The minimum atomic E-state index is -3.98. The number of carbonyl (C=O) groups excluding carboxylic acids is 1. The Morgan fingerprint density at radius 1 is 1.23 bits per heavy atom. The van der Waals surface area contributed by atoms with E-state index in [2.05, 4.69) is 11.8 Å². The highest BCUT2D eigenvalue weighted by atomic mass is 32.2. The topological polar surface area (TPSA) is 107 Å². The molecule has 9 heteroatoms. The van der Waals surface area contributed by atoms with Gasteiger partial charge in [0.05, 0.1) is 13.2 Å². The summed E-state index contributed by atoms with van der Waals surface area (Å²) in [6, 6.07) is 12.8. The van der Waals surface area contributed by atoms with Crippen LogP contribution in [0.3, 0.4) is 0 Å². The van der Waals surface area contributed by atoms with Gasteiger partial charge in [0.1, 0.15) is 22.9 Å². The molecule has 0 aliphatic carbocycles. The first kappa shape index (κ1) is 26.7. The molecule has 1 aliphatic rings. The van der Waals surface area contributed by atoms with E-state index in [1.54, 1.807) is 49.2 Å². The van der Waals surface area contributed by atoms with Gasteiger partial charge in [-0.15, -0.1) is 0 Å². The van der Waals surface area contributed by atoms with E-state index in [0.717, 1.165) is 0 Å². The summed E-state index contributed by atoms with van der Waals surface area (Å²) in [7, 11) is -2.29. The van der Waals surface area contributed by atoms with E-state index in [9.17, 15) is 23.4 Å². The Morgan fingerprint density at radius 3 is 2.54 bits per heavy atom. The number of hydrogen-bond acceptors (Lipinski definition) is 6. The van der Waals surface area contributed by atoms with Crippen molar-refractivity contribution in [1.29, 1.82) is 0 Å². The first-order valence-corrected chi connectivity index (χ1v) is 12.9. The zero-order chi connectivity index (χ0) is 25.8. The highest BCUT2D eigenvalue weighted by molar-refractivity contribution is 7.89. The molecule has 0 spiro atoms. The highest BCUT2D eigenvalue weighted by Gasteiger charge is 2.38. The average molecular weight is 501 g/mol. The highest BCUT2D eigenvalue weighted by Crippen LogP contribution is 2.34. The monoisotopic (exact) mass is 500 g/mol. The van der Waals surface area contributed by atoms with Crippen molar-refractivity contribution in [3.63, 3.8) is 0 Å². The third-order valence-electron chi connectivity index (χ3n) is 5.91. The summed E-state index contributed by atoms with van der Waals surface area (Å²) in [5.41, 5.74) is 1.03. The van der Waals surface area contributed by atoms with Crippen LogP contribution in [0.1, 0.15) is 36.7 Å². The van der Waals surface area contributed by atoms with Crippen molar-refractivity contribution in [1.82, 2.24) is 9.21 Å². The molecular formula is C26H32N2O6S. The molecule has 0 radical (unpaired) electrons. The molecule has 1 aliphatic heterocycles. The van der Waals surface area contributed by atoms with E-state index in [1.807, 2.05) is 13.0 Å². The van der Waals surface area contributed by atoms with Gasteiger partial charge in [-0.3, -0.25) is 4.79 Å². The lowest BCUT2D eigenvalue weighted by Crippen LogP contribution is -2.50. The Kier molecular flexibility index (Phi) is 8.56. The van der Waals surface area contributed by atoms with Crippen LogP contribution in [0.25, 0.3) is 0 Å². The van der Waals surface area contributed by atoms with E-state index in [4.69, 9.17) is 4.74 Å². The van der Waals surface area contributed by atoms with Crippen LogP contribution >= 0.6 is 0 Å². The summed E-state index contributed by atoms with van der Waals surface area (Å²) >= 11 is 0. The maximum Gasteiger partial charge on any atom is 0.253 e. The van der Waals surface area contributed by atoms with E-state index >= 15 is 0 Å². The lowest BCUT2D eigenvalue weighted by atomic mass is 10.0. The molecule has 0 saturated heterocycles. The predicted molar refractivity (Wildman–Crippen MR) is 132 cm³/mol. The molecule has 188 valence electrons. The molecule has 1 heterocycles. The van der Waals surface area contributed by atoms with Crippen LogP contribution in [0.2, 0.25) is 0 Å². The molecule has 8 nitrogen and oxygen atoms in total. The number of carbonyl (C=O) groups is 1. The molecule has 2 N–H and O–H groups in total. The van der Waals surface area contributed by atoms with Gasteiger partial charge in [0.25, 0.3) is 5.91 Å². The number of amides is 1. The number of fused-ring (bicyclic) bond motifs is 1. The van der Waals surface area contributed by atoms with Gasteiger partial charge >= 0.3 is 0 Å². The number of aliphatic hydroxyl groups is 2. The van der Waals surface area contributed by atoms with Crippen LogP contribution in [0.15, 0.2) is 53.4 Å². The summed E-state index contributed by atoms with van der Waals surface area (Å²) in [6.45, 7) is 5.05. The molecular weight excluding hydrogens is 468 g/mol. The van der Waals surface area contributed by atoms with E-state index in [-0.39, 0.29) is 42.2 Å². The molecule has 0 aromatic heterocycles. The van der Waals surface area contributed by atoms with Crippen LogP contribution in [0.4, 0.5) is 0 Å². The first-order valence-electron chi connectivity index (χ1n) is 11.5. The second-order valence-electron chi connectivity index (χ2n) is 8.90. The normalized spacial score (nSPS) is 21.2. The average Bonchev–Trinajstić information content (AvgIpc) is 2.84. The van der Waals surface area contributed by atoms with Gasteiger partial charge in [0.2, 0.25) is 10.0 Å².